The highest BCUT2D eigenvalue weighted by atomic mass is 79.9. The van der Waals surface area contributed by atoms with Crippen LogP contribution in [0.5, 0.6) is 5.75 Å². The van der Waals surface area contributed by atoms with Gasteiger partial charge in [0.1, 0.15) is 5.75 Å². The number of carbonyl (C=O) groups excluding carboxylic acids is 2. The first-order valence-corrected chi connectivity index (χ1v) is 9.65. The van der Waals surface area contributed by atoms with Crippen molar-refractivity contribution < 1.29 is 14.3 Å². The number of hydrogen-bond acceptors (Lipinski definition) is 3. The van der Waals surface area contributed by atoms with Gasteiger partial charge in [-0.05, 0) is 79.5 Å². The largest absolute Gasteiger partial charge is 0.492 e. The van der Waals surface area contributed by atoms with Crippen LogP contribution in [-0.4, -0.2) is 24.0 Å². The Morgan fingerprint density at radius 3 is 2.37 bits per heavy atom. The smallest absolute Gasteiger partial charge is 0.255 e. The summed E-state index contributed by atoms with van der Waals surface area (Å²) in [7, 11) is 0. The third-order valence-corrected chi connectivity index (χ3v) is 4.15. The molecule has 0 aromatic heterocycles. The molecule has 0 fully saturated rings. The number of ether oxygens (including phenoxy) is 1. The van der Waals surface area contributed by atoms with Gasteiger partial charge in [0.05, 0.1) is 11.1 Å². The molecule has 0 aliphatic heterocycles. The summed E-state index contributed by atoms with van der Waals surface area (Å²) in [6.45, 7) is 8.41. The zero-order chi connectivity index (χ0) is 20.0. The Morgan fingerprint density at radius 1 is 1.04 bits per heavy atom. The topological polar surface area (TPSA) is 67.4 Å². The number of anilines is 1. The SMILES string of the molecule is CCCOc1ccc(C(=O)Nc2cccc(C(=O)NC(C)(C)C)c2)cc1Br. The molecule has 0 bridgehead atoms. The van der Waals surface area contributed by atoms with Crippen LogP contribution < -0.4 is 15.4 Å². The second-order valence-corrected chi connectivity index (χ2v) is 8.09. The summed E-state index contributed by atoms with van der Waals surface area (Å²) < 4.78 is 6.32. The lowest BCUT2D eigenvalue weighted by Gasteiger charge is -2.20. The fourth-order valence-electron chi connectivity index (χ4n) is 2.33. The lowest BCUT2D eigenvalue weighted by molar-refractivity contribution is 0.0918. The van der Waals surface area contributed by atoms with Crippen LogP contribution in [0, 0.1) is 0 Å². The summed E-state index contributed by atoms with van der Waals surface area (Å²) in [6.07, 6.45) is 0.911. The molecule has 2 amide bonds. The molecule has 144 valence electrons. The van der Waals surface area contributed by atoms with Gasteiger partial charge in [-0.2, -0.15) is 0 Å². The Bertz CT molecular complexity index is 828. The van der Waals surface area contributed by atoms with Crippen LogP contribution in [-0.2, 0) is 0 Å². The first-order chi connectivity index (χ1) is 12.7. The van der Waals surface area contributed by atoms with E-state index < -0.39 is 0 Å². The molecule has 0 saturated heterocycles. The van der Waals surface area contributed by atoms with E-state index in [2.05, 4.69) is 26.6 Å². The van der Waals surface area contributed by atoms with Gasteiger partial charge in [-0.3, -0.25) is 9.59 Å². The number of halogens is 1. The maximum absolute atomic E-state index is 12.5. The molecule has 0 aliphatic carbocycles. The number of nitrogens with one attached hydrogen (secondary N) is 2. The van der Waals surface area contributed by atoms with Crippen molar-refractivity contribution in [3.05, 3.63) is 58.1 Å². The van der Waals surface area contributed by atoms with Crippen molar-refractivity contribution in [2.75, 3.05) is 11.9 Å². The number of carbonyl (C=O) groups is 2. The molecular formula is C21H25BrN2O3. The van der Waals surface area contributed by atoms with E-state index in [1.807, 2.05) is 27.7 Å². The highest BCUT2D eigenvalue weighted by Crippen LogP contribution is 2.26. The van der Waals surface area contributed by atoms with Gasteiger partial charge in [-0.15, -0.1) is 0 Å². The van der Waals surface area contributed by atoms with Crippen LogP contribution in [0.15, 0.2) is 46.9 Å². The summed E-state index contributed by atoms with van der Waals surface area (Å²) in [6, 6.07) is 12.1. The van der Waals surface area contributed by atoms with E-state index in [4.69, 9.17) is 4.74 Å². The Balaban J connectivity index is 2.11. The molecule has 0 saturated carbocycles. The Morgan fingerprint density at radius 2 is 1.74 bits per heavy atom. The van der Waals surface area contributed by atoms with Gasteiger partial charge in [0.15, 0.2) is 0 Å². The second-order valence-electron chi connectivity index (χ2n) is 7.23. The standard InChI is InChI=1S/C21H25BrN2O3/c1-5-11-27-18-10-9-15(13-17(18)22)19(25)23-16-8-6-7-14(12-16)20(26)24-21(2,3)4/h6-10,12-13H,5,11H2,1-4H3,(H,23,25)(H,24,26). The van der Waals surface area contributed by atoms with Crippen LogP contribution in [0.25, 0.3) is 0 Å². The number of benzene rings is 2. The van der Waals surface area contributed by atoms with E-state index in [1.165, 1.54) is 0 Å². The molecule has 0 spiro atoms. The van der Waals surface area contributed by atoms with Gasteiger partial charge in [-0.1, -0.05) is 13.0 Å². The molecule has 2 aromatic carbocycles. The normalized spacial score (nSPS) is 11.0. The number of rotatable bonds is 6. The quantitative estimate of drug-likeness (QED) is 0.673. The van der Waals surface area contributed by atoms with Gasteiger partial charge in [0, 0.05) is 22.4 Å². The summed E-state index contributed by atoms with van der Waals surface area (Å²) in [5.74, 6) is 0.263. The molecule has 2 N–H and O–H groups in total. The second kappa shape index (κ2) is 9.04. The molecule has 2 rings (SSSR count). The molecule has 5 nitrogen and oxygen atoms in total. The summed E-state index contributed by atoms with van der Waals surface area (Å²) in [5.41, 5.74) is 1.22. The maximum atomic E-state index is 12.5. The van der Waals surface area contributed by atoms with E-state index in [9.17, 15) is 9.59 Å². The molecule has 0 heterocycles. The number of amides is 2. The van der Waals surface area contributed by atoms with Crippen molar-refractivity contribution in [2.24, 2.45) is 0 Å². The van der Waals surface area contributed by atoms with Gasteiger partial charge in [0.2, 0.25) is 0 Å². The van der Waals surface area contributed by atoms with Crippen molar-refractivity contribution in [1.29, 1.82) is 0 Å². The van der Waals surface area contributed by atoms with Crippen LogP contribution in [0.3, 0.4) is 0 Å². The van der Waals surface area contributed by atoms with Crippen molar-refractivity contribution in [3.8, 4) is 5.75 Å². The summed E-state index contributed by atoms with van der Waals surface area (Å²) in [5, 5.41) is 5.73. The van der Waals surface area contributed by atoms with Crippen LogP contribution in [0.2, 0.25) is 0 Å². The molecule has 6 heteroatoms. The van der Waals surface area contributed by atoms with Crippen molar-refractivity contribution in [1.82, 2.24) is 5.32 Å². The average Bonchev–Trinajstić information content (AvgIpc) is 2.59. The van der Waals surface area contributed by atoms with Crippen LogP contribution in [0.1, 0.15) is 54.8 Å². The highest BCUT2D eigenvalue weighted by Gasteiger charge is 2.16. The lowest BCUT2D eigenvalue weighted by Crippen LogP contribution is -2.40. The molecule has 0 radical (unpaired) electrons. The minimum atomic E-state index is -0.329. The van der Waals surface area contributed by atoms with Crippen LogP contribution in [0.4, 0.5) is 5.69 Å². The molecule has 27 heavy (non-hydrogen) atoms. The zero-order valence-corrected chi connectivity index (χ0v) is 17.6. The molecule has 0 unspecified atom stereocenters. The number of hydrogen-bond donors (Lipinski definition) is 2. The van der Waals surface area contributed by atoms with Gasteiger partial charge >= 0.3 is 0 Å². The summed E-state index contributed by atoms with van der Waals surface area (Å²) in [4.78, 5) is 24.8. The highest BCUT2D eigenvalue weighted by molar-refractivity contribution is 9.10. The fourth-order valence-corrected chi connectivity index (χ4v) is 2.82. The minimum Gasteiger partial charge on any atom is -0.492 e. The fraction of sp³-hybridized carbons (Fsp3) is 0.333. The zero-order valence-electron chi connectivity index (χ0n) is 16.1. The first kappa shape index (κ1) is 21.0. The minimum absolute atomic E-state index is 0.182. The van der Waals surface area contributed by atoms with Gasteiger partial charge in [0.25, 0.3) is 11.8 Å². The lowest BCUT2D eigenvalue weighted by atomic mass is 10.1. The monoisotopic (exact) mass is 432 g/mol. The molecular weight excluding hydrogens is 408 g/mol. The van der Waals surface area contributed by atoms with Crippen molar-refractivity contribution >= 4 is 33.4 Å². The van der Waals surface area contributed by atoms with Gasteiger partial charge in [-0.25, -0.2) is 0 Å². The molecule has 2 aromatic rings. The first-order valence-electron chi connectivity index (χ1n) is 8.86. The predicted octanol–water partition coefficient (Wildman–Crippen LogP) is 5.02. The van der Waals surface area contributed by atoms with Gasteiger partial charge < -0.3 is 15.4 Å². The van der Waals surface area contributed by atoms with E-state index in [0.29, 0.717) is 29.2 Å². The maximum Gasteiger partial charge on any atom is 0.255 e. The molecule has 0 atom stereocenters. The van der Waals surface area contributed by atoms with E-state index in [-0.39, 0.29) is 17.4 Å². The van der Waals surface area contributed by atoms with Crippen molar-refractivity contribution in [3.63, 3.8) is 0 Å². The molecule has 0 aliphatic rings. The Labute approximate surface area is 168 Å². The van der Waals surface area contributed by atoms with Crippen molar-refractivity contribution in [2.45, 2.75) is 39.7 Å². The summed E-state index contributed by atoms with van der Waals surface area (Å²) >= 11 is 3.43. The third kappa shape index (κ3) is 6.40. The van der Waals surface area contributed by atoms with E-state index in [1.54, 1.807) is 42.5 Å². The third-order valence-electron chi connectivity index (χ3n) is 3.53. The average molecular weight is 433 g/mol. The van der Waals surface area contributed by atoms with E-state index in [0.717, 1.165) is 10.9 Å². The predicted molar refractivity (Wildman–Crippen MR) is 112 cm³/mol. The Kier molecular flexibility index (Phi) is 7.02. The van der Waals surface area contributed by atoms with E-state index >= 15 is 0 Å². The Hall–Kier alpha value is -2.34. The van der Waals surface area contributed by atoms with Crippen LogP contribution >= 0.6 is 15.9 Å².